The minimum Gasteiger partial charge on any atom is -0.366 e. The van der Waals surface area contributed by atoms with Crippen molar-refractivity contribution in [3.05, 3.63) is 95.6 Å². The number of thiocarbonyl (C=S) groups is 1. The van der Waals surface area contributed by atoms with E-state index in [0.29, 0.717) is 37.3 Å². The zero-order chi connectivity index (χ0) is 23.2. The summed E-state index contributed by atoms with van der Waals surface area (Å²) in [6, 6.07) is 24.5. The highest BCUT2D eigenvalue weighted by molar-refractivity contribution is 7.80. The number of hydrogen-bond donors (Lipinski definition) is 2. The lowest BCUT2D eigenvalue weighted by molar-refractivity contribution is 0.0746. The summed E-state index contributed by atoms with van der Waals surface area (Å²) in [4.78, 5) is 29.3. The molecule has 0 saturated carbocycles. The number of amides is 2. The fraction of sp³-hybridized carbons (Fsp3) is 0.192. The van der Waals surface area contributed by atoms with Gasteiger partial charge in [-0.2, -0.15) is 0 Å². The summed E-state index contributed by atoms with van der Waals surface area (Å²) >= 11 is 5.39. The predicted octanol–water partition coefficient (Wildman–Crippen LogP) is 4.08. The Kier molecular flexibility index (Phi) is 7.00. The van der Waals surface area contributed by atoms with Gasteiger partial charge in [0, 0.05) is 37.3 Å². The smallest absolute Gasteiger partial charge is 0.257 e. The van der Waals surface area contributed by atoms with Crippen molar-refractivity contribution < 1.29 is 9.59 Å². The molecule has 1 aliphatic heterocycles. The summed E-state index contributed by atoms with van der Waals surface area (Å²) in [5.41, 5.74) is 4.15. The normalized spacial score (nSPS) is 13.4. The molecule has 3 aromatic carbocycles. The van der Waals surface area contributed by atoms with E-state index < -0.39 is 0 Å². The van der Waals surface area contributed by atoms with Crippen LogP contribution >= 0.6 is 12.2 Å². The van der Waals surface area contributed by atoms with Crippen LogP contribution in [0.1, 0.15) is 26.3 Å². The summed E-state index contributed by atoms with van der Waals surface area (Å²) in [7, 11) is 0. The molecule has 2 N–H and O–H groups in total. The zero-order valence-corrected chi connectivity index (χ0v) is 19.3. The molecule has 1 fully saturated rings. The molecule has 1 aliphatic rings. The van der Waals surface area contributed by atoms with Crippen LogP contribution in [0.2, 0.25) is 0 Å². The Balaban J connectivity index is 1.37. The molecule has 2 amide bonds. The summed E-state index contributed by atoms with van der Waals surface area (Å²) in [6.07, 6.45) is 0. The number of carbonyl (C=O) groups is 2. The van der Waals surface area contributed by atoms with Gasteiger partial charge in [0.05, 0.1) is 11.4 Å². The number of rotatable bonds is 4. The molecule has 33 heavy (non-hydrogen) atoms. The van der Waals surface area contributed by atoms with Gasteiger partial charge >= 0.3 is 0 Å². The predicted molar refractivity (Wildman–Crippen MR) is 136 cm³/mol. The Morgan fingerprint density at radius 1 is 0.788 bits per heavy atom. The molecule has 0 atom stereocenters. The van der Waals surface area contributed by atoms with Crippen LogP contribution in [0.15, 0.2) is 78.9 Å². The highest BCUT2D eigenvalue weighted by atomic mass is 32.1. The number of carbonyl (C=O) groups excluding carboxylic acids is 2. The van der Waals surface area contributed by atoms with Gasteiger partial charge in [0.2, 0.25) is 0 Å². The van der Waals surface area contributed by atoms with Crippen molar-refractivity contribution in [2.24, 2.45) is 0 Å². The van der Waals surface area contributed by atoms with Crippen molar-refractivity contribution in [1.29, 1.82) is 0 Å². The molecule has 6 nitrogen and oxygen atoms in total. The van der Waals surface area contributed by atoms with Gasteiger partial charge in [0.1, 0.15) is 0 Å². The standard InChI is InChI=1S/C26H26N4O2S/c1-19-11-13-20(14-12-19)24(31)28-26(33)27-22-9-5-6-10-23(22)29-15-17-30(18-16-29)25(32)21-7-3-2-4-8-21/h2-14H,15-18H2,1H3,(H2,27,28,31,33). The van der Waals surface area contributed by atoms with E-state index in [1.807, 2.05) is 78.6 Å². The van der Waals surface area contributed by atoms with Crippen molar-refractivity contribution >= 4 is 40.5 Å². The summed E-state index contributed by atoms with van der Waals surface area (Å²) in [5.74, 6) is -0.195. The Hall–Kier alpha value is -3.71. The van der Waals surface area contributed by atoms with Gasteiger partial charge < -0.3 is 15.1 Å². The molecule has 0 radical (unpaired) electrons. The molecule has 168 valence electrons. The quantitative estimate of drug-likeness (QED) is 0.577. The second kappa shape index (κ2) is 10.3. The molecule has 0 aromatic heterocycles. The van der Waals surface area contributed by atoms with Crippen LogP contribution in [-0.4, -0.2) is 48.0 Å². The second-order valence-electron chi connectivity index (χ2n) is 7.94. The maximum atomic E-state index is 12.7. The number of piperazine rings is 1. The Bertz CT molecular complexity index is 1140. The lowest BCUT2D eigenvalue weighted by Gasteiger charge is -2.37. The topological polar surface area (TPSA) is 64.7 Å². The van der Waals surface area contributed by atoms with Crippen molar-refractivity contribution in [1.82, 2.24) is 10.2 Å². The molecule has 1 heterocycles. The van der Waals surface area contributed by atoms with Gasteiger partial charge in [0.25, 0.3) is 11.8 Å². The molecule has 7 heteroatoms. The molecule has 1 saturated heterocycles. The van der Waals surface area contributed by atoms with Crippen LogP contribution in [0.25, 0.3) is 0 Å². The van der Waals surface area contributed by atoms with Gasteiger partial charge in [-0.1, -0.05) is 48.0 Å². The summed E-state index contributed by atoms with van der Waals surface area (Å²) in [6.45, 7) is 4.66. The van der Waals surface area contributed by atoms with E-state index in [0.717, 1.165) is 16.9 Å². The number of hydrogen-bond acceptors (Lipinski definition) is 4. The molecule has 0 aliphatic carbocycles. The van der Waals surface area contributed by atoms with Crippen LogP contribution in [-0.2, 0) is 0 Å². The third-order valence-corrected chi connectivity index (χ3v) is 5.83. The first-order chi connectivity index (χ1) is 16.0. The number of anilines is 2. The first-order valence-corrected chi connectivity index (χ1v) is 11.3. The molecular formula is C26H26N4O2S. The highest BCUT2D eigenvalue weighted by Crippen LogP contribution is 2.27. The van der Waals surface area contributed by atoms with Gasteiger partial charge in [-0.15, -0.1) is 0 Å². The minimum atomic E-state index is -0.252. The maximum absolute atomic E-state index is 12.7. The van der Waals surface area contributed by atoms with Gasteiger partial charge in [0.15, 0.2) is 5.11 Å². The molecular weight excluding hydrogens is 432 g/mol. The fourth-order valence-corrected chi connectivity index (χ4v) is 4.01. The van der Waals surface area contributed by atoms with Crippen molar-refractivity contribution in [2.45, 2.75) is 6.92 Å². The van der Waals surface area contributed by atoms with Crippen molar-refractivity contribution in [3.63, 3.8) is 0 Å². The zero-order valence-electron chi connectivity index (χ0n) is 18.5. The second-order valence-corrected chi connectivity index (χ2v) is 8.34. The van der Waals surface area contributed by atoms with Gasteiger partial charge in [-0.25, -0.2) is 0 Å². The molecule has 0 spiro atoms. The minimum absolute atomic E-state index is 0.0571. The van der Waals surface area contributed by atoms with Crippen LogP contribution in [0, 0.1) is 6.92 Å². The average Bonchev–Trinajstić information content (AvgIpc) is 2.85. The van der Waals surface area contributed by atoms with E-state index in [1.165, 1.54) is 0 Å². The van der Waals surface area contributed by atoms with Gasteiger partial charge in [-0.3, -0.25) is 14.9 Å². The SMILES string of the molecule is Cc1ccc(C(=O)NC(=S)Nc2ccccc2N2CCN(C(=O)c3ccccc3)CC2)cc1. The Labute approximate surface area is 199 Å². The van der Waals surface area contributed by atoms with Gasteiger partial charge in [-0.05, 0) is 55.5 Å². The molecule has 3 aromatic rings. The molecule has 0 unspecified atom stereocenters. The van der Waals surface area contributed by atoms with Crippen LogP contribution in [0.5, 0.6) is 0 Å². The van der Waals surface area contributed by atoms with E-state index in [-0.39, 0.29) is 16.9 Å². The number of benzene rings is 3. The van der Waals surface area contributed by atoms with E-state index >= 15 is 0 Å². The largest absolute Gasteiger partial charge is 0.366 e. The van der Waals surface area contributed by atoms with E-state index in [9.17, 15) is 9.59 Å². The highest BCUT2D eigenvalue weighted by Gasteiger charge is 2.23. The Morgan fingerprint density at radius 2 is 1.42 bits per heavy atom. The van der Waals surface area contributed by atoms with E-state index in [4.69, 9.17) is 12.2 Å². The van der Waals surface area contributed by atoms with E-state index in [1.54, 1.807) is 12.1 Å². The number of para-hydroxylation sites is 2. The number of nitrogens with one attached hydrogen (secondary N) is 2. The van der Waals surface area contributed by atoms with Crippen molar-refractivity contribution in [2.75, 3.05) is 36.4 Å². The fourth-order valence-electron chi connectivity index (χ4n) is 3.80. The maximum Gasteiger partial charge on any atom is 0.257 e. The van der Waals surface area contributed by atoms with Crippen LogP contribution < -0.4 is 15.5 Å². The lowest BCUT2D eigenvalue weighted by Crippen LogP contribution is -2.49. The number of nitrogens with zero attached hydrogens (tertiary/aromatic N) is 2. The molecule has 0 bridgehead atoms. The van der Waals surface area contributed by atoms with Crippen molar-refractivity contribution in [3.8, 4) is 0 Å². The first kappa shape index (κ1) is 22.5. The number of aryl methyl sites for hydroxylation is 1. The Morgan fingerprint density at radius 3 is 2.12 bits per heavy atom. The monoisotopic (exact) mass is 458 g/mol. The lowest BCUT2D eigenvalue weighted by atomic mass is 10.1. The van der Waals surface area contributed by atoms with E-state index in [2.05, 4.69) is 15.5 Å². The third-order valence-electron chi connectivity index (χ3n) is 5.62. The first-order valence-electron chi connectivity index (χ1n) is 10.9. The van der Waals surface area contributed by atoms with Crippen LogP contribution in [0.4, 0.5) is 11.4 Å². The average molecular weight is 459 g/mol. The third kappa shape index (κ3) is 5.56. The van der Waals surface area contributed by atoms with Crippen LogP contribution in [0.3, 0.4) is 0 Å². The summed E-state index contributed by atoms with van der Waals surface area (Å²) < 4.78 is 0. The summed E-state index contributed by atoms with van der Waals surface area (Å²) in [5, 5.41) is 6.14. The molecule has 4 rings (SSSR count).